The Balaban J connectivity index is 2.43. The highest BCUT2D eigenvalue weighted by molar-refractivity contribution is 5.61. The zero-order chi connectivity index (χ0) is 12.3. The minimum absolute atomic E-state index is 0.437. The van der Waals surface area contributed by atoms with Crippen molar-refractivity contribution >= 4 is 11.5 Å². The van der Waals surface area contributed by atoms with Crippen LogP contribution in [0, 0.1) is 6.92 Å². The number of aryl methyl sites for hydroxylation is 1. The van der Waals surface area contributed by atoms with Gasteiger partial charge in [-0.2, -0.15) is 0 Å². The fourth-order valence-electron chi connectivity index (χ4n) is 1.69. The average Bonchev–Trinajstić information content (AvgIpc) is 2.39. The van der Waals surface area contributed by atoms with Crippen molar-refractivity contribution in [2.75, 3.05) is 11.9 Å². The van der Waals surface area contributed by atoms with Crippen LogP contribution in [0.1, 0.15) is 11.4 Å². The van der Waals surface area contributed by atoms with E-state index in [1.165, 1.54) is 0 Å². The molecule has 17 heavy (non-hydrogen) atoms. The number of hydrogen-bond donors (Lipinski definition) is 1. The van der Waals surface area contributed by atoms with Crippen LogP contribution in [-0.4, -0.2) is 17.0 Å². The van der Waals surface area contributed by atoms with Gasteiger partial charge in [-0.3, -0.25) is 0 Å². The summed E-state index contributed by atoms with van der Waals surface area (Å²) < 4.78 is 0. The first-order chi connectivity index (χ1) is 8.22. The first-order valence-electron chi connectivity index (χ1n) is 5.53. The predicted molar refractivity (Wildman–Crippen MR) is 69.2 cm³/mol. The van der Waals surface area contributed by atoms with Crippen molar-refractivity contribution < 1.29 is 0 Å². The van der Waals surface area contributed by atoms with Crippen LogP contribution < -0.4 is 10.6 Å². The van der Waals surface area contributed by atoms with Crippen LogP contribution in [0.5, 0.6) is 0 Å². The third-order valence-corrected chi connectivity index (χ3v) is 2.64. The summed E-state index contributed by atoms with van der Waals surface area (Å²) >= 11 is 0. The smallest absolute Gasteiger partial charge is 0.140 e. The highest BCUT2D eigenvalue weighted by Gasteiger charge is 2.10. The summed E-state index contributed by atoms with van der Waals surface area (Å²) in [6.07, 6.45) is 1.79. The van der Waals surface area contributed by atoms with E-state index in [2.05, 4.69) is 9.97 Å². The fourth-order valence-corrected chi connectivity index (χ4v) is 1.69. The van der Waals surface area contributed by atoms with Gasteiger partial charge >= 0.3 is 0 Å². The van der Waals surface area contributed by atoms with E-state index in [0.717, 1.165) is 22.9 Å². The van der Waals surface area contributed by atoms with Crippen LogP contribution in [0.4, 0.5) is 11.5 Å². The Hall–Kier alpha value is -1.94. The van der Waals surface area contributed by atoms with Gasteiger partial charge in [0, 0.05) is 31.0 Å². The number of anilines is 2. The second-order valence-electron chi connectivity index (χ2n) is 3.86. The van der Waals surface area contributed by atoms with E-state index >= 15 is 0 Å². The minimum Gasteiger partial charge on any atom is -0.329 e. The van der Waals surface area contributed by atoms with Gasteiger partial charge in [-0.1, -0.05) is 18.2 Å². The van der Waals surface area contributed by atoms with Gasteiger partial charge in [0.1, 0.15) is 11.6 Å². The SMILES string of the molecule is Cc1ncc(CN)c(N(C)c2ccccc2)n1. The predicted octanol–water partition coefficient (Wildman–Crippen LogP) is 2.01. The van der Waals surface area contributed by atoms with Crippen molar-refractivity contribution in [2.45, 2.75) is 13.5 Å². The van der Waals surface area contributed by atoms with Crippen LogP contribution in [-0.2, 0) is 6.54 Å². The molecule has 2 rings (SSSR count). The topological polar surface area (TPSA) is 55.0 Å². The molecule has 0 fully saturated rings. The van der Waals surface area contributed by atoms with Gasteiger partial charge in [0.15, 0.2) is 0 Å². The Labute approximate surface area is 101 Å². The molecule has 1 aromatic carbocycles. The first-order valence-corrected chi connectivity index (χ1v) is 5.53. The number of para-hydroxylation sites is 1. The molecule has 4 nitrogen and oxygen atoms in total. The summed E-state index contributed by atoms with van der Waals surface area (Å²) in [4.78, 5) is 10.6. The maximum absolute atomic E-state index is 5.71. The van der Waals surface area contributed by atoms with E-state index in [1.807, 2.05) is 49.2 Å². The van der Waals surface area contributed by atoms with Crippen molar-refractivity contribution in [3.05, 3.63) is 47.9 Å². The lowest BCUT2D eigenvalue weighted by Crippen LogP contribution is -2.16. The normalized spacial score (nSPS) is 10.3. The molecule has 2 N–H and O–H groups in total. The first kappa shape index (κ1) is 11.5. The third kappa shape index (κ3) is 2.42. The van der Waals surface area contributed by atoms with Crippen molar-refractivity contribution in [3.8, 4) is 0 Å². The van der Waals surface area contributed by atoms with Crippen LogP contribution in [0.2, 0.25) is 0 Å². The number of benzene rings is 1. The van der Waals surface area contributed by atoms with E-state index in [-0.39, 0.29) is 0 Å². The molecular weight excluding hydrogens is 212 g/mol. The Morgan fingerprint density at radius 2 is 1.94 bits per heavy atom. The second-order valence-corrected chi connectivity index (χ2v) is 3.86. The summed E-state index contributed by atoms with van der Waals surface area (Å²) in [7, 11) is 1.98. The van der Waals surface area contributed by atoms with Crippen molar-refractivity contribution in [2.24, 2.45) is 5.73 Å². The summed E-state index contributed by atoms with van der Waals surface area (Å²) in [5, 5.41) is 0. The van der Waals surface area contributed by atoms with Gasteiger partial charge in [-0.15, -0.1) is 0 Å². The summed E-state index contributed by atoms with van der Waals surface area (Å²) in [5.41, 5.74) is 7.74. The Morgan fingerprint density at radius 1 is 1.24 bits per heavy atom. The maximum atomic E-state index is 5.71. The molecule has 0 unspecified atom stereocenters. The molecule has 1 heterocycles. The number of hydrogen-bond acceptors (Lipinski definition) is 4. The molecule has 0 atom stereocenters. The van der Waals surface area contributed by atoms with Gasteiger partial charge < -0.3 is 10.6 Å². The lowest BCUT2D eigenvalue weighted by molar-refractivity contribution is 0.942. The fraction of sp³-hybridized carbons (Fsp3) is 0.231. The number of aromatic nitrogens is 2. The van der Waals surface area contributed by atoms with E-state index < -0.39 is 0 Å². The zero-order valence-corrected chi connectivity index (χ0v) is 10.1. The molecule has 1 aromatic heterocycles. The average molecular weight is 228 g/mol. The van der Waals surface area contributed by atoms with E-state index in [9.17, 15) is 0 Å². The number of nitrogens with two attached hydrogens (primary N) is 1. The highest BCUT2D eigenvalue weighted by atomic mass is 15.2. The largest absolute Gasteiger partial charge is 0.329 e. The quantitative estimate of drug-likeness (QED) is 0.873. The van der Waals surface area contributed by atoms with E-state index in [1.54, 1.807) is 6.20 Å². The van der Waals surface area contributed by atoms with Crippen LogP contribution in [0.25, 0.3) is 0 Å². The molecule has 2 aromatic rings. The molecule has 0 saturated heterocycles. The second kappa shape index (κ2) is 4.93. The van der Waals surface area contributed by atoms with Gasteiger partial charge in [0.2, 0.25) is 0 Å². The van der Waals surface area contributed by atoms with Gasteiger partial charge in [-0.05, 0) is 19.1 Å². The maximum Gasteiger partial charge on any atom is 0.140 e. The molecule has 0 saturated carbocycles. The summed E-state index contributed by atoms with van der Waals surface area (Å²) in [5.74, 6) is 1.62. The Bertz CT molecular complexity index is 496. The molecule has 0 aliphatic heterocycles. The molecular formula is C13H16N4. The van der Waals surface area contributed by atoms with Gasteiger partial charge in [-0.25, -0.2) is 9.97 Å². The van der Waals surface area contributed by atoms with E-state index in [4.69, 9.17) is 5.73 Å². The molecule has 0 radical (unpaired) electrons. The molecule has 0 amide bonds. The van der Waals surface area contributed by atoms with Crippen LogP contribution in [0.15, 0.2) is 36.5 Å². The van der Waals surface area contributed by atoms with Gasteiger partial charge in [0.05, 0.1) is 0 Å². The number of nitrogens with zero attached hydrogens (tertiary/aromatic N) is 3. The lowest BCUT2D eigenvalue weighted by atomic mass is 10.2. The molecule has 0 bridgehead atoms. The highest BCUT2D eigenvalue weighted by Crippen LogP contribution is 2.24. The molecule has 0 aliphatic rings. The van der Waals surface area contributed by atoms with Crippen molar-refractivity contribution in [3.63, 3.8) is 0 Å². The molecule has 4 heteroatoms. The van der Waals surface area contributed by atoms with Crippen LogP contribution >= 0.6 is 0 Å². The standard InChI is InChI=1S/C13H16N4/c1-10-15-9-11(8-14)13(16-10)17(2)12-6-4-3-5-7-12/h3-7,9H,8,14H2,1-2H3. The van der Waals surface area contributed by atoms with Crippen molar-refractivity contribution in [1.82, 2.24) is 9.97 Å². The Kier molecular flexibility index (Phi) is 3.35. The molecule has 88 valence electrons. The summed E-state index contributed by atoms with van der Waals surface area (Å²) in [6.45, 7) is 2.31. The minimum atomic E-state index is 0.437. The van der Waals surface area contributed by atoms with E-state index in [0.29, 0.717) is 6.54 Å². The number of rotatable bonds is 3. The zero-order valence-electron chi connectivity index (χ0n) is 10.1. The monoisotopic (exact) mass is 228 g/mol. The van der Waals surface area contributed by atoms with Crippen LogP contribution in [0.3, 0.4) is 0 Å². The molecule has 0 aliphatic carbocycles. The third-order valence-electron chi connectivity index (χ3n) is 2.64. The lowest BCUT2D eigenvalue weighted by Gasteiger charge is -2.20. The van der Waals surface area contributed by atoms with Crippen molar-refractivity contribution in [1.29, 1.82) is 0 Å². The van der Waals surface area contributed by atoms with Gasteiger partial charge in [0.25, 0.3) is 0 Å². The Morgan fingerprint density at radius 3 is 2.59 bits per heavy atom. The molecule has 0 spiro atoms. The summed E-state index contributed by atoms with van der Waals surface area (Å²) in [6, 6.07) is 10.1.